The van der Waals surface area contributed by atoms with Crippen molar-refractivity contribution in [2.45, 2.75) is 6.92 Å². The normalized spacial score (nSPS) is 10.8. The number of aromatic nitrogens is 10. The number of aromatic amines is 3. The van der Waals surface area contributed by atoms with Gasteiger partial charge in [0.2, 0.25) is 0 Å². The van der Waals surface area contributed by atoms with E-state index >= 15 is 0 Å². The van der Waals surface area contributed by atoms with E-state index in [2.05, 4.69) is 40.6 Å². The van der Waals surface area contributed by atoms with Gasteiger partial charge in [0.25, 0.3) is 11.1 Å². The topological polar surface area (TPSA) is 172 Å². The Morgan fingerprint density at radius 2 is 1.93 bits per heavy atom. The fourth-order valence-electron chi connectivity index (χ4n) is 2.68. The number of rotatable bonds is 1. The Morgan fingerprint density at radius 3 is 2.69 bits per heavy atom. The van der Waals surface area contributed by atoms with Gasteiger partial charge in [-0.25, -0.2) is 19.9 Å². The summed E-state index contributed by atoms with van der Waals surface area (Å²) < 4.78 is 2.47. The van der Waals surface area contributed by atoms with Crippen LogP contribution in [0, 0.1) is 6.92 Å². The second-order valence-electron chi connectivity index (χ2n) is 6.03. The van der Waals surface area contributed by atoms with Gasteiger partial charge in [0.15, 0.2) is 11.5 Å². The monoisotopic (exact) mass is 394 g/mol. The first-order valence-electron chi connectivity index (χ1n) is 8.31. The van der Waals surface area contributed by atoms with E-state index in [9.17, 15) is 14.4 Å². The van der Waals surface area contributed by atoms with Crippen molar-refractivity contribution in [1.82, 2.24) is 49.5 Å². The van der Waals surface area contributed by atoms with Gasteiger partial charge < -0.3 is 4.98 Å². The number of imidazole rings is 1. The van der Waals surface area contributed by atoms with Gasteiger partial charge in [0, 0.05) is 19.4 Å². The van der Waals surface area contributed by atoms with Crippen LogP contribution >= 0.6 is 0 Å². The summed E-state index contributed by atoms with van der Waals surface area (Å²) >= 11 is 0. The molecule has 5 rings (SSSR count). The lowest BCUT2D eigenvalue weighted by Gasteiger charge is -2.03. The molecule has 0 atom stereocenters. The van der Waals surface area contributed by atoms with Crippen LogP contribution in [0.2, 0.25) is 0 Å². The first-order valence-corrected chi connectivity index (χ1v) is 8.31. The zero-order valence-corrected chi connectivity index (χ0v) is 15.2. The summed E-state index contributed by atoms with van der Waals surface area (Å²) in [6.45, 7) is 1.90. The molecule has 13 nitrogen and oxygen atoms in total. The Labute approximate surface area is 160 Å². The van der Waals surface area contributed by atoms with E-state index in [1.807, 2.05) is 13.0 Å². The van der Waals surface area contributed by atoms with E-state index in [0.717, 1.165) is 10.1 Å². The number of tetrazole rings is 1. The number of pyridine rings is 1. The van der Waals surface area contributed by atoms with Crippen molar-refractivity contribution in [1.29, 1.82) is 0 Å². The minimum atomic E-state index is -0.459. The number of nitrogens with one attached hydrogen (secondary N) is 3. The molecule has 0 fully saturated rings. The molecule has 0 aliphatic rings. The van der Waals surface area contributed by atoms with E-state index in [4.69, 9.17) is 0 Å². The van der Waals surface area contributed by atoms with Crippen LogP contribution < -0.4 is 16.8 Å². The van der Waals surface area contributed by atoms with Crippen molar-refractivity contribution in [3.8, 4) is 11.4 Å². The first kappa shape index (κ1) is 18.0. The maximum absolute atomic E-state index is 12.2. The molecule has 0 unspecified atom stereocenters. The summed E-state index contributed by atoms with van der Waals surface area (Å²) in [4.78, 5) is 47.6. The summed E-state index contributed by atoms with van der Waals surface area (Å²) in [6.07, 6.45) is 4.51. The van der Waals surface area contributed by atoms with E-state index in [-0.39, 0.29) is 11.1 Å². The molecule has 0 aliphatic carbocycles. The van der Waals surface area contributed by atoms with Gasteiger partial charge in [-0.3, -0.25) is 23.5 Å². The van der Waals surface area contributed by atoms with Crippen LogP contribution in [-0.2, 0) is 7.05 Å². The standard InChI is InChI=1S/C10H8N6O.C6H6N4O2/c1-6-3-2-4-16-9(6)11-5-7(10(16)17)8-12-14-15-13-8;1-10-5(11)3-4(8-2-7-3)9-6(10)12/h2-5H,1H3,(H,12,13,14,15);2H,1H3,(H,7,8)(H,9,12). The van der Waals surface area contributed by atoms with Crippen molar-refractivity contribution in [3.05, 3.63) is 67.6 Å². The number of nitrogens with zero attached hydrogens (tertiary/aromatic N) is 7. The van der Waals surface area contributed by atoms with Crippen molar-refractivity contribution in [2.75, 3.05) is 0 Å². The van der Waals surface area contributed by atoms with Crippen LogP contribution in [0.4, 0.5) is 0 Å². The van der Waals surface area contributed by atoms with Crippen molar-refractivity contribution in [2.24, 2.45) is 7.05 Å². The zero-order chi connectivity index (χ0) is 20.5. The lowest BCUT2D eigenvalue weighted by atomic mass is 10.2. The summed E-state index contributed by atoms with van der Waals surface area (Å²) in [5.74, 6) is 0.318. The quantitative estimate of drug-likeness (QED) is 0.329. The number of aryl methyl sites for hydroxylation is 1. The Kier molecular flexibility index (Phi) is 4.31. The fraction of sp³-hybridized carbons (Fsp3) is 0.125. The Bertz CT molecular complexity index is 1490. The van der Waals surface area contributed by atoms with Gasteiger partial charge in [0.1, 0.15) is 16.7 Å². The molecule has 0 aliphatic heterocycles. The third-order valence-corrected chi connectivity index (χ3v) is 4.22. The molecule has 0 saturated heterocycles. The average molecular weight is 394 g/mol. The molecule has 5 heterocycles. The van der Waals surface area contributed by atoms with Crippen LogP contribution in [0.1, 0.15) is 5.56 Å². The molecular weight excluding hydrogens is 380 g/mol. The van der Waals surface area contributed by atoms with Gasteiger partial charge >= 0.3 is 5.69 Å². The molecule has 0 spiro atoms. The van der Waals surface area contributed by atoms with Gasteiger partial charge in [0.05, 0.1) is 6.33 Å². The van der Waals surface area contributed by atoms with E-state index in [0.29, 0.717) is 28.2 Å². The van der Waals surface area contributed by atoms with Gasteiger partial charge in [-0.2, -0.15) is 0 Å². The van der Waals surface area contributed by atoms with Gasteiger partial charge in [-0.15, -0.1) is 5.10 Å². The van der Waals surface area contributed by atoms with E-state index < -0.39 is 5.69 Å². The average Bonchev–Trinajstić information content (AvgIpc) is 3.40. The largest absolute Gasteiger partial charge is 0.339 e. The molecule has 5 aromatic rings. The molecule has 0 saturated carbocycles. The molecule has 3 N–H and O–H groups in total. The summed E-state index contributed by atoms with van der Waals surface area (Å²) in [7, 11) is 1.40. The molecule has 5 aromatic heterocycles. The maximum Gasteiger partial charge on any atom is 0.329 e. The first-order chi connectivity index (χ1) is 14.0. The van der Waals surface area contributed by atoms with Crippen molar-refractivity contribution < 1.29 is 0 Å². The summed E-state index contributed by atoms with van der Waals surface area (Å²) in [6, 6.07) is 3.70. The maximum atomic E-state index is 12.2. The second-order valence-corrected chi connectivity index (χ2v) is 6.03. The molecule has 0 radical (unpaired) electrons. The molecule has 146 valence electrons. The van der Waals surface area contributed by atoms with Crippen molar-refractivity contribution >= 4 is 16.8 Å². The molecule has 0 aromatic carbocycles. The van der Waals surface area contributed by atoms with Crippen LogP contribution in [0.3, 0.4) is 0 Å². The summed E-state index contributed by atoms with van der Waals surface area (Å²) in [5, 5.41) is 13.1. The third kappa shape index (κ3) is 3.09. The lowest BCUT2D eigenvalue weighted by Crippen LogP contribution is -2.32. The SMILES string of the molecule is Cc1cccn2c(=O)c(-c3nnn[nH]3)cnc12.Cn1c(=O)[nH]c2nc[nH]c2c1=O. The molecule has 29 heavy (non-hydrogen) atoms. The Hall–Kier alpha value is -4.42. The highest BCUT2D eigenvalue weighted by molar-refractivity contribution is 5.67. The van der Waals surface area contributed by atoms with Crippen molar-refractivity contribution in [3.63, 3.8) is 0 Å². The smallest absolute Gasteiger partial charge is 0.329 e. The molecule has 13 heteroatoms. The number of hydrogen-bond donors (Lipinski definition) is 3. The third-order valence-electron chi connectivity index (χ3n) is 4.22. The van der Waals surface area contributed by atoms with Crippen LogP contribution in [0.25, 0.3) is 28.2 Å². The minimum absolute atomic E-state index is 0.197. The molecular formula is C16H14N10O3. The Morgan fingerprint density at radius 1 is 1.10 bits per heavy atom. The predicted octanol–water partition coefficient (Wildman–Crippen LogP) is -0.867. The Balaban J connectivity index is 0.000000150. The highest BCUT2D eigenvalue weighted by atomic mass is 16.2. The van der Waals surface area contributed by atoms with Crippen LogP contribution in [0.15, 0.2) is 45.2 Å². The van der Waals surface area contributed by atoms with Crippen LogP contribution in [0.5, 0.6) is 0 Å². The van der Waals surface area contributed by atoms with E-state index in [1.54, 1.807) is 12.3 Å². The highest BCUT2D eigenvalue weighted by Gasteiger charge is 2.10. The highest BCUT2D eigenvalue weighted by Crippen LogP contribution is 2.09. The predicted molar refractivity (Wildman–Crippen MR) is 101 cm³/mol. The van der Waals surface area contributed by atoms with Crippen LogP contribution in [-0.4, -0.2) is 49.5 Å². The van der Waals surface area contributed by atoms with Gasteiger partial charge in [-0.1, -0.05) is 6.07 Å². The van der Waals surface area contributed by atoms with Gasteiger partial charge in [-0.05, 0) is 29.0 Å². The number of fused-ring (bicyclic) bond motifs is 2. The molecule has 0 amide bonds. The minimum Gasteiger partial charge on any atom is -0.339 e. The van der Waals surface area contributed by atoms with E-state index in [1.165, 1.54) is 24.0 Å². The fourth-order valence-corrected chi connectivity index (χ4v) is 2.68. The number of H-pyrrole nitrogens is 3. The molecule has 0 bridgehead atoms. The second kappa shape index (κ2) is 6.95. The summed E-state index contributed by atoms with van der Waals surface area (Å²) in [5.41, 5.74) is 1.50. The zero-order valence-electron chi connectivity index (χ0n) is 15.2. The lowest BCUT2D eigenvalue weighted by molar-refractivity contribution is 0.790. The number of hydrogen-bond acceptors (Lipinski definition) is 8.